The largest absolute Gasteiger partial charge is 0.497 e. The van der Waals surface area contributed by atoms with Crippen molar-refractivity contribution in [3.63, 3.8) is 0 Å². The number of aromatic nitrogens is 2. The van der Waals surface area contributed by atoms with Gasteiger partial charge in [0.2, 0.25) is 0 Å². The molecule has 2 aromatic heterocycles. The Labute approximate surface area is 220 Å². The van der Waals surface area contributed by atoms with Crippen molar-refractivity contribution in [3.8, 4) is 28.4 Å². The molecule has 0 bridgehead atoms. The van der Waals surface area contributed by atoms with Gasteiger partial charge in [0.25, 0.3) is 0 Å². The monoisotopic (exact) mass is 564 g/mol. The van der Waals surface area contributed by atoms with Crippen LogP contribution in [0, 0.1) is 17.7 Å². The number of methoxy groups -OCH3 is 1. The minimum Gasteiger partial charge on any atom is -0.497 e. The van der Waals surface area contributed by atoms with Crippen molar-refractivity contribution in [1.29, 1.82) is 0 Å². The molecule has 0 atom stereocenters. The van der Waals surface area contributed by atoms with E-state index in [-0.39, 0.29) is 19.0 Å². The summed E-state index contributed by atoms with van der Waals surface area (Å²) in [5.41, 5.74) is 1.99. The van der Waals surface area contributed by atoms with E-state index in [1.807, 2.05) is 13.8 Å². The van der Waals surface area contributed by atoms with Gasteiger partial charge in [0, 0.05) is 35.7 Å². The maximum atomic E-state index is 14.2. The summed E-state index contributed by atoms with van der Waals surface area (Å²) in [4.78, 5) is 8.13. The number of benzene rings is 1. The minimum absolute atomic E-state index is 0.0642. The highest BCUT2D eigenvalue weighted by molar-refractivity contribution is 9.10. The average Bonchev–Trinajstić information content (AvgIpc) is 2.87. The molecule has 0 amide bonds. The molecule has 36 heavy (non-hydrogen) atoms. The molecule has 0 aliphatic heterocycles. The van der Waals surface area contributed by atoms with Crippen LogP contribution in [0.1, 0.15) is 39.1 Å². The topological polar surface area (TPSA) is 93.9 Å². The minimum atomic E-state index is -0.381. The number of ether oxygens (including phenoxy) is 3. The van der Waals surface area contributed by atoms with Gasteiger partial charge in [0.1, 0.15) is 23.1 Å². The Bertz CT molecular complexity index is 1110. The van der Waals surface area contributed by atoms with E-state index in [0.717, 1.165) is 10.2 Å². The highest BCUT2D eigenvalue weighted by atomic mass is 79.9. The molecule has 2 N–H and O–H groups in total. The standard InChI is InChI=1S/C17H20FNO3.C10H14BrNO2/c1-11(2)10-22-17-6-12(9-20)19-8-15(17)14-7-13(21-3)4-5-16(14)18;1-7(2)6-14-10-3-8(5-13)12-4-9(10)11/h4-8,11,20H,9-10H2,1-3H3;3-4,7,13H,5-6H2,1-2H3. The summed E-state index contributed by atoms with van der Waals surface area (Å²) in [7, 11) is 1.53. The van der Waals surface area contributed by atoms with Gasteiger partial charge in [0.05, 0.1) is 49.4 Å². The molecule has 0 spiro atoms. The molecular formula is C27H34BrFN2O5. The van der Waals surface area contributed by atoms with Crippen LogP contribution >= 0.6 is 15.9 Å². The van der Waals surface area contributed by atoms with Crippen molar-refractivity contribution in [1.82, 2.24) is 9.97 Å². The molecule has 0 saturated carbocycles. The second kappa shape index (κ2) is 14.7. The quantitative estimate of drug-likeness (QED) is 0.321. The van der Waals surface area contributed by atoms with Gasteiger partial charge >= 0.3 is 0 Å². The van der Waals surface area contributed by atoms with Crippen LogP contribution in [-0.4, -0.2) is 40.5 Å². The SMILES string of the molecule is CC(C)COc1cc(CO)ncc1Br.COc1ccc(F)c(-c2cnc(CO)cc2OCC(C)C)c1. The second-order valence-corrected chi connectivity index (χ2v) is 9.70. The van der Waals surface area contributed by atoms with Gasteiger partial charge in [-0.15, -0.1) is 0 Å². The van der Waals surface area contributed by atoms with Gasteiger partial charge in [0.15, 0.2) is 0 Å². The predicted molar refractivity (Wildman–Crippen MR) is 141 cm³/mol. The highest BCUT2D eigenvalue weighted by Gasteiger charge is 2.14. The predicted octanol–water partition coefficient (Wildman–Crippen LogP) is 5.79. The Morgan fingerprint density at radius 3 is 1.94 bits per heavy atom. The average molecular weight is 565 g/mol. The fourth-order valence-electron chi connectivity index (χ4n) is 2.89. The number of hydrogen-bond donors (Lipinski definition) is 2. The molecule has 9 heteroatoms. The summed E-state index contributed by atoms with van der Waals surface area (Å²) >= 11 is 3.34. The van der Waals surface area contributed by atoms with Gasteiger partial charge in [-0.05, 0) is 46.0 Å². The summed E-state index contributed by atoms with van der Waals surface area (Å²) in [5, 5.41) is 18.1. The zero-order chi connectivity index (χ0) is 26.7. The first-order chi connectivity index (χ1) is 17.2. The third-order valence-corrected chi connectivity index (χ3v) is 5.33. The van der Waals surface area contributed by atoms with E-state index in [4.69, 9.17) is 19.3 Å². The molecule has 0 fully saturated rings. The molecule has 3 rings (SSSR count). The Hall–Kier alpha value is -2.75. The Balaban J connectivity index is 0.000000281. The van der Waals surface area contributed by atoms with Crippen LogP contribution in [0.2, 0.25) is 0 Å². The van der Waals surface area contributed by atoms with Gasteiger partial charge in [-0.3, -0.25) is 9.97 Å². The molecule has 196 valence electrons. The van der Waals surface area contributed by atoms with E-state index in [1.165, 1.54) is 19.4 Å². The van der Waals surface area contributed by atoms with E-state index in [9.17, 15) is 9.50 Å². The molecule has 0 saturated heterocycles. The lowest BCUT2D eigenvalue weighted by molar-refractivity contribution is 0.261. The van der Waals surface area contributed by atoms with E-state index in [0.29, 0.717) is 59.1 Å². The number of pyridine rings is 2. The second-order valence-electron chi connectivity index (χ2n) is 8.85. The van der Waals surface area contributed by atoms with E-state index >= 15 is 0 Å². The molecular weight excluding hydrogens is 531 g/mol. The summed E-state index contributed by atoms with van der Waals surface area (Å²) in [6.45, 7) is 9.12. The number of aliphatic hydroxyl groups excluding tert-OH is 2. The van der Waals surface area contributed by atoms with Crippen LogP contribution < -0.4 is 14.2 Å². The first-order valence-corrected chi connectivity index (χ1v) is 12.4. The molecule has 0 radical (unpaired) electrons. The van der Waals surface area contributed by atoms with Crippen LogP contribution in [0.5, 0.6) is 17.2 Å². The zero-order valence-corrected chi connectivity index (χ0v) is 22.9. The van der Waals surface area contributed by atoms with Crippen molar-refractivity contribution in [2.45, 2.75) is 40.9 Å². The normalized spacial score (nSPS) is 10.8. The Morgan fingerprint density at radius 2 is 1.39 bits per heavy atom. The van der Waals surface area contributed by atoms with Crippen molar-refractivity contribution in [2.75, 3.05) is 20.3 Å². The van der Waals surface area contributed by atoms with Crippen LogP contribution in [0.15, 0.2) is 47.2 Å². The summed E-state index contributed by atoms with van der Waals surface area (Å²) < 4.78 is 31.4. The molecule has 3 aromatic rings. The Kier molecular flexibility index (Phi) is 12.1. The number of hydrogen-bond acceptors (Lipinski definition) is 7. The van der Waals surface area contributed by atoms with Crippen LogP contribution in [0.4, 0.5) is 4.39 Å². The number of nitrogens with zero attached hydrogens (tertiary/aromatic N) is 2. The van der Waals surface area contributed by atoms with Crippen LogP contribution in [0.3, 0.4) is 0 Å². The third kappa shape index (κ3) is 9.04. The number of aliphatic hydroxyl groups is 2. The maximum absolute atomic E-state index is 14.2. The van der Waals surface area contributed by atoms with E-state index in [2.05, 4.69) is 39.7 Å². The first-order valence-electron chi connectivity index (χ1n) is 11.6. The Morgan fingerprint density at radius 1 is 0.833 bits per heavy atom. The molecule has 0 unspecified atom stereocenters. The highest BCUT2D eigenvalue weighted by Crippen LogP contribution is 2.34. The summed E-state index contributed by atoms with van der Waals surface area (Å²) in [5.74, 6) is 2.21. The third-order valence-electron chi connectivity index (χ3n) is 4.73. The van der Waals surface area contributed by atoms with E-state index in [1.54, 1.807) is 30.5 Å². The van der Waals surface area contributed by atoms with Crippen molar-refractivity contribution in [2.24, 2.45) is 11.8 Å². The lowest BCUT2D eigenvalue weighted by atomic mass is 10.0. The molecule has 7 nitrogen and oxygen atoms in total. The van der Waals surface area contributed by atoms with Crippen molar-refractivity contribution < 1.29 is 28.8 Å². The van der Waals surface area contributed by atoms with Gasteiger partial charge in [-0.2, -0.15) is 0 Å². The summed E-state index contributed by atoms with van der Waals surface area (Å²) in [6.07, 6.45) is 3.15. The number of halogens is 2. The van der Waals surface area contributed by atoms with E-state index < -0.39 is 0 Å². The molecule has 0 aliphatic rings. The fraction of sp³-hybridized carbons (Fsp3) is 0.407. The van der Waals surface area contributed by atoms with Crippen molar-refractivity contribution >= 4 is 15.9 Å². The van der Waals surface area contributed by atoms with Gasteiger partial charge in [-0.1, -0.05) is 27.7 Å². The maximum Gasteiger partial charge on any atom is 0.136 e. The zero-order valence-electron chi connectivity index (χ0n) is 21.3. The molecule has 0 aliphatic carbocycles. The first kappa shape index (κ1) is 29.5. The van der Waals surface area contributed by atoms with Crippen LogP contribution in [-0.2, 0) is 13.2 Å². The smallest absolute Gasteiger partial charge is 0.136 e. The van der Waals surface area contributed by atoms with Gasteiger partial charge in [-0.25, -0.2) is 4.39 Å². The molecule has 1 aromatic carbocycles. The molecule has 2 heterocycles. The lowest BCUT2D eigenvalue weighted by Crippen LogP contribution is -2.06. The van der Waals surface area contributed by atoms with Gasteiger partial charge < -0.3 is 24.4 Å². The van der Waals surface area contributed by atoms with Crippen molar-refractivity contribution in [3.05, 3.63) is 64.4 Å². The fourth-order valence-corrected chi connectivity index (χ4v) is 3.23. The summed E-state index contributed by atoms with van der Waals surface area (Å²) in [6, 6.07) is 7.89. The van der Waals surface area contributed by atoms with Crippen LogP contribution in [0.25, 0.3) is 11.1 Å². The number of rotatable bonds is 10. The lowest BCUT2D eigenvalue weighted by Gasteiger charge is -2.15.